The number of alkyl halides is 3. The highest BCUT2D eigenvalue weighted by molar-refractivity contribution is 5.56. The molecule has 0 fully saturated rings. The molecule has 0 amide bonds. The van der Waals surface area contributed by atoms with E-state index in [9.17, 15) is 13.2 Å². The summed E-state index contributed by atoms with van der Waals surface area (Å²) in [7, 11) is 1.63. The number of halogens is 3. The van der Waals surface area contributed by atoms with E-state index < -0.39 is 11.7 Å². The Balaban J connectivity index is 2.10. The summed E-state index contributed by atoms with van der Waals surface area (Å²) in [6.45, 7) is 3.10. The van der Waals surface area contributed by atoms with Gasteiger partial charge in [0.1, 0.15) is 5.82 Å². The van der Waals surface area contributed by atoms with Gasteiger partial charge >= 0.3 is 6.18 Å². The highest BCUT2D eigenvalue weighted by Gasteiger charge is 2.30. The minimum absolute atomic E-state index is 0.239. The van der Waals surface area contributed by atoms with Gasteiger partial charge in [-0.05, 0) is 31.5 Å². The molecule has 2 aromatic rings. The van der Waals surface area contributed by atoms with Gasteiger partial charge in [-0.2, -0.15) is 18.2 Å². The molecule has 0 radical (unpaired) electrons. The molecule has 1 heterocycles. The molecule has 1 aromatic carbocycles. The molecule has 2 rings (SSSR count). The molecule has 0 saturated carbocycles. The first-order valence-electron chi connectivity index (χ1n) is 7.41. The third-order valence-corrected chi connectivity index (χ3v) is 3.13. The molecule has 0 aliphatic carbocycles. The van der Waals surface area contributed by atoms with Crippen LogP contribution in [0.4, 0.5) is 30.6 Å². The van der Waals surface area contributed by atoms with Crippen molar-refractivity contribution in [2.24, 2.45) is 0 Å². The van der Waals surface area contributed by atoms with Gasteiger partial charge in [-0.1, -0.05) is 6.07 Å². The predicted molar refractivity (Wildman–Crippen MR) is 86.5 cm³/mol. The van der Waals surface area contributed by atoms with Crippen LogP contribution in [0.2, 0.25) is 0 Å². The van der Waals surface area contributed by atoms with Gasteiger partial charge in [0.25, 0.3) is 0 Å². The van der Waals surface area contributed by atoms with E-state index in [1.54, 1.807) is 20.1 Å². The summed E-state index contributed by atoms with van der Waals surface area (Å²) in [6, 6.07) is 6.68. The van der Waals surface area contributed by atoms with Crippen molar-refractivity contribution in [2.75, 3.05) is 30.9 Å². The van der Waals surface area contributed by atoms with Gasteiger partial charge in [-0.15, -0.1) is 0 Å². The van der Waals surface area contributed by atoms with Gasteiger partial charge in [-0.25, -0.2) is 4.98 Å². The first kappa shape index (κ1) is 18.0. The molecule has 0 saturated heterocycles. The third kappa shape index (κ3) is 5.38. The highest BCUT2D eigenvalue weighted by atomic mass is 19.4. The fourth-order valence-electron chi connectivity index (χ4n) is 2.05. The summed E-state index contributed by atoms with van der Waals surface area (Å²) < 4.78 is 43.2. The Labute approximate surface area is 138 Å². The van der Waals surface area contributed by atoms with Crippen molar-refractivity contribution in [1.29, 1.82) is 0 Å². The van der Waals surface area contributed by atoms with Crippen molar-refractivity contribution < 1.29 is 17.9 Å². The monoisotopic (exact) mass is 340 g/mol. The smallest absolute Gasteiger partial charge is 0.385 e. The number of ether oxygens (including phenoxy) is 1. The van der Waals surface area contributed by atoms with Crippen molar-refractivity contribution >= 4 is 17.5 Å². The molecule has 2 N–H and O–H groups in total. The highest BCUT2D eigenvalue weighted by Crippen LogP contribution is 2.31. The number of nitrogens with zero attached hydrogens (tertiary/aromatic N) is 2. The quantitative estimate of drug-likeness (QED) is 0.746. The Morgan fingerprint density at radius 1 is 1.17 bits per heavy atom. The van der Waals surface area contributed by atoms with E-state index >= 15 is 0 Å². The first-order chi connectivity index (χ1) is 11.4. The van der Waals surface area contributed by atoms with E-state index in [2.05, 4.69) is 20.6 Å². The van der Waals surface area contributed by atoms with Gasteiger partial charge in [0.15, 0.2) is 0 Å². The Bertz CT molecular complexity index is 677. The lowest BCUT2D eigenvalue weighted by Gasteiger charge is -2.11. The molecule has 5 nitrogen and oxygen atoms in total. The lowest BCUT2D eigenvalue weighted by Crippen LogP contribution is -2.09. The number of rotatable bonds is 7. The average molecular weight is 340 g/mol. The van der Waals surface area contributed by atoms with Gasteiger partial charge in [0, 0.05) is 37.7 Å². The lowest BCUT2D eigenvalue weighted by atomic mass is 10.2. The second-order valence-corrected chi connectivity index (χ2v) is 5.19. The Morgan fingerprint density at radius 3 is 2.67 bits per heavy atom. The number of anilines is 3. The Kier molecular flexibility index (Phi) is 5.97. The van der Waals surface area contributed by atoms with Gasteiger partial charge in [0.05, 0.1) is 5.56 Å². The lowest BCUT2D eigenvalue weighted by molar-refractivity contribution is -0.137. The summed E-state index contributed by atoms with van der Waals surface area (Å²) in [6.07, 6.45) is -3.57. The molecule has 0 aliphatic rings. The summed E-state index contributed by atoms with van der Waals surface area (Å²) in [5.74, 6) is 0.844. The molecular weight excluding hydrogens is 321 g/mol. The van der Waals surface area contributed by atoms with Crippen LogP contribution in [0, 0.1) is 6.92 Å². The van der Waals surface area contributed by atoms with E-state index in [0.717, 1.165) is 18.6 Å². The maximum absolute atomic E-state index is 12.8. The molecule has 0 atom stereocenters. The van der Waals surface area contributed by atoms with E-state index in [-0.39, 0.29) is 11.6 Å². The zero-order valence-electron chi connectivity index (χ0n) is 13.4. The van der Waals surface area contributed by atoms with Crippen LogP contribution in [0.15, 0.2) is 30.3 Å². The Hall–Kier alpha value is -2.35. The predicted octanol–water partition coefficient (Wildman–Crippen LogP) is 4.00. The molecule has 0 bridgehead atoms. The van der Waals surface area contributed by atoms with Crippen LogP contribution in [0.5, 0.6) is 0 Å². The molecule has 24 heavy (non-hydrogen) atoms. The van der Waals surface area contributed by atoms with Crippen molar-refractivity contribution in [3.63, 3.8) is 0 Å². The number of aryl methyl sites for hydroxylation is 1. The first-order valence-corrected chi connectivity index (χ1v) is 7.41. The Morgan fingerprint density at radius 2 is 1.96 bits per heavy atom. The summed E-state index contributed by atoms with van der Waals surface area (Å²) >= 11 is 0. The van der Waals surface area contributed by atoms with Crippen molar-refractivity contribution in [1.82, 2.24) is 9.97 Å². The zero-order chi connectivity index (χ0) is 17.6. The topological polar surface area (TPSA) is 59.1 Å². The number of hydrogen-bond acceptors (Lipinski definition) is 5. The van der Waals surface area contributed by atoms with Crippen LogP contribution in [0.25, 0.3) is 0 Å². The SMILES string of the molecule is COCCCNc1cc(C)nc(Nc2cccc(C(F)(F)F)c2)n1. The zero-order valence-corrected chi connectivity index (χ0v) is 13.4. The molecule has 0 spiro atoms. The standard InChI is InChI=1S/C16H19F3N4O/c1-11-9-14(20-7-4-8-24-2)23-15(21-11)22-13-6-3-5-12(10-13)16(17,18)19/h3,5-6,9-10H,4,7-8H2,1-2H3,(H2,20,21,22,23). The molecule has 0 unspecified atom stereocenters. The van der Waals surface area contributed by atoms with Crippen LogP contribution in [-0.2, 0) is 10.9 Å². The number of methoxy groups -OCH3 is 1. The fraction of sp³-hybridized carbons (Fsp3) is 0.375. The average Bonchev–Trinajstić information content (AvgIpc) is 2.50. The molecule has 1 aromatic heterocycles. The molecule has 8 heteroatoms. The van der Waals surface area contributed by atoms with Gasteiger partial charge in [-0.3, -0.25) is 0 Å². The molecular formula is C16H19F3N4O. The summed E-state index contributed by atoms with van der Waals surface area (Å²) in [5, 5.41) is 5.94. The summed E-state index contributed by atoms with van der Waals surface area (Å²) in [5.41, 5.74) is 0.257. The largest absolute Gasteiger partial charge is 0.416 e. The van der Waals surface area contributed by atoms with E-state index in [0.29, 0.717) is 24.7 Å². The maximum Gasteiger partial charge on any atom is 0.416 e. The number of aromatic nitrogens is 2. The molecule has 0 aliphatic heterocycles. The van der Waals surface area contributed by atoms with Gasteiger partial charge in [0.2, 0.25) is 5.95 Å². The minimum atomic E-state index is -4.39. The second kappa shape index (κ2) is 7.96. The number of benzene rings is 1. The van der Waals surface area contributed by atoms with E-state index in [1.807, 2.05) is 0 Å². The minimum Gasteiger partial charge on any atom is -0.385 e. The second-order valence-electron chi connectivity index (χ2n) is 5.19. The van der Waals surface area contributed by atoms with E-state index in [4.69, 9.17) is 4.74 Å². The van der Waals surface area contributed by atoms with Crippen LogP contribution in [0.1, 0.15) is 17.7 Å². The van der Waals surface area contributed by atoms with Crippen molar-refractivity contribution in [3.8, 4) is 0 Å². The normalized spacial score (nSPS) is 11.4. The van der Waals surface area contributed by atoms with Crippen molar-refractivity contribution in [2.45, 2.75) is 19.5 Å². The van der Waals surface area contributed by atoms with Crippen LogP contribution < -0.4 is 10.6 Å². The van der Waals surface area contributed by atoms with Crippen LogP contribution in [0.3, 0.4) is 0 Å². The van der Waals surface area contributed by atoms with E-state index in [1.165, 1.54) is 12.1 Å². The molecule has 130 valence electrons. The number of nitrogens with one attached hydrogen (secondary N) is 2. The third-order valence-electron chi connectivity index (χ3n) is 3.13. The maximum atomic E-state index is 12.8. The fourth-order valence-corrected chi connectivity index (χ4v) is 2.05. The van der Waals surface area contributed by atoms with Crippen molar-refractivity contribution in [3.05, 3.63) is 41.6 Å². The number of hydrogen-bond donors (Lipinski definition) is 2. The van der Waals surface area contributed by atoms with Crippen LogP contribution >= 0.6 is 0 Å². The summed E-state index contributed by atoms with van der Waals surface area (Å²) in [4.78, 5) is 8.46. The van der Waals surface area contributed by atoms with Gasteiger partial charge < -0.3 is 15.4 Å². The van der Waals surface area contributed by atoms with Crippen LogP contribution in [-0.4, -0.2) is 30.2 Å².